The van der Waals surface area contributed by atoms with Crippen molar-refractivity contribution >= 4 is 33.2 Å². The largest absolute Gasteiger partial charge is 0.493 e. The summed E-state index contributed by atoms with van der Waals surface area (Å²) in [4.78, 5) is 28.0. The van der Waals surface area contributed by atoms with Crippen molar-refractivity contribution in [1.29, 1.82) is 0 Å². The Balaban J connectivity index is 1.35. The zero-order valence-corrected chi connectivity index (χ0v) is 20.8. The van der Waals surface area contributed by atoms with Crippen molar-refractivity contribution in [3.05, 3.63) is 101 Å². The average Bonchev–Trinajstić information content (AvgIpc) is 3.68. The molecule has 0 fully saturated rings. The van der Waals surface area contributed by atoms with Crippen molar-refractivity contribution < 1.29 is 13.8 Å². The number of halogens is 1. The SMILES string of the molecule is O=c1n(Cc2ccc3nonc3c2)c2cnc(-n3cnc4ccc(F)cc43)nc2n1C1CCOc2ccccc21. The van der Waals surface area contributed by atoms with E-state index in [0.717, 1.165) is 16.9 Å². The van der Waals surface area contributed by atoms with Crippen molar-refractivity contribution in [2.75, 3.05) is 6.61 Å². The molecule has 0 radical (unpaired) electrons. The van der Waals surface area contributed by atoms with Gasteiger partial charge < -0.3 is 4.74 Å². The topological polar surface area (TPSA) is 119 Å². The molecule has 0 bridgehead atoms. The molecule has 1 atom stereocenters. The molecule has 1 aliphatic rings. The lowest BCUT2D eigenvalue weighted by molar-refractivity contribution is 0.255. The highest BCUT2D eigenvalue weighted by atomic mass is 19.1. The summed E-state index contributed by atoms with van der Waals surface area (Å²) in [5.74, 6) is 0.624. The van der Waals surface area contributed by atoms with Gasteiger partial charge in [-0.15, -0.1) is 0 Å². The lowest BCUT2D eigenvalue weighted by Gasteiger charge is -2.26. The van der Waals surface area contributed by atoms with E-state index in [4.69, 9.17) is 14.3 Å². The zero-order valence-electron chi connectivity index (χ0n) is 20.8. The maximum atomic E-state index is 14.2. The number of hydrogen-bond donors (Lipinski definition) is 0. The van der Waals surface area contributed by atoms with Crippen LogP contribution in [0.2, 0.25) is 0 Å². The van der Waals surface area contributed by atoms with E-state index in [1.165, 1.54) is 12.1 Å². The summed E-state index contributed by atoms with van der Waals surface area (Å²) in [5, 5.41) is 7.79. The summed E-state index contributed by atoms with van der Waals surface area (Å²) in [6.07, 6.45) is 3.77. The van der Waals surface area contributed by atoms with E-state index in [0.29, 0.717) is 46.3 Å². The second-order valence-corrected chi connectivity index (χ2v) is 9.64. The molecule has 1 unspecified atom stereocenters. The Hall–Kier alpha value is -5.39. The van der Waals surface area contributed by atoms with Crippen LogP contribution in [0, 0.1) is 5.82 Å². The first kappa shape index (κ1) is 22.6. The number of hydrogen-bond acceptors (Lipinski definition) is 8. The van der Waals surface area contributed by atoms with E-state index in [1.807, 2.05) is 36.4 Å². The molecule has 0 N–H and O–H groups in total. The fraction of sp³-hybridized carbons (Fsp3) is 0.143. The van der Waals surface area contributed by atoms with Gasteiger partial charge in [0.05, 0.1) is 36.4 Å². The Bertz CT molecular complexity index is 2140. The van der Waals surface area contributed by atoms with E-state index in [-0.39, 0.29) is 24.2 Å². The molecule has 196 valence electrons. The Morgan fingerprint density at radius 2 is 1.82 bits per heavy atom. The summed E-state index contributed by atoms with van der Waals surface area (Å²) in [6, 6.07) is 17.3. The van der Waals surface area contributed by atoms with Gasteiger partial charge in [-0.2, -0.15) is 4.98 Å². The molecule has 0 amide bonds. The van der Waals surface area contributed by atoms with Crippen LogP contribution in [0.25, 0.3) is 39.2 Å². The van der Waals surface area contributed by atoms with Gasteiger partial charge in [0.2, 0.25) is 5.95 Å². The van der Waals surface area contributed by atoms with Gasteiger partial charge in [0.25, 0.3) is 0 Å². The van der Waals surface area contributed by atoms with Gasteiger partial charge >= 0.3 is 5.69 Å². The third-order valence-electron chi connectivity index (χ3n) is 7.32. The minimum absolute atomic E-state index is 0.233. The molecular formula is C28H19FN8O3. The van der Waals surface area contributed by atoms with Crippen LogP contribution in [0.5, 0.6) is 5.75 Å². The standard InChI is InChI=1S/C28H19FN8O3/c29-17-6-8-20-23(12-17)36(15-31-20)27-30-13-24-26(32-27)37(22-9-10-39-25-4-2-1-3-18(22)25)28(38)35(24)14-16-5-7-19-21(11-16)34-40-33-19/h1-8,11-13,15,22H,9-10,14H2. The summed E-state index contributed by atoms with van der Waals surface area (Å²) in [7, 11) is 0. The lowest BCUT2D eigenvalue weighted by atomic mass is 10.0. The number of benzene rings is 3. The fourth-order valence-corrected chi connectivity index (χ4v) is 5.44. The first-order chi connectivity index (χ1) is 19.6. The molecule has 8 rings (SSSR count). The first-order valence-electron chi connectivity index (χ1n) is 12.7. The summed E-state index contributed by atoms with van der Waals surface area (Å²) >= 11 is 0. The van der Waals surface area contributed by atoms with Crippen LogP contribution < -0.4 is 10.4 Å². The quantitative estimate of drug-likeness (QED) is 0.332. The van der Waals surface area contributed by atoms with Gasteiger partial charge in [-0.1, -0.05) is 24.3 Å². The minimum atomic E-state index is -0.392. The van der Waals surface area contributed by atoms with E-state index < -0.39 is 5.82 Å². The molecule has 4 aromatic heterocycles. The fourth-order valence-electron chi connectivity index (χ4n) is 5.44. The molecule has 5 heterocycles. The van der Waals surface area contributed by atoms with Crippen LogP contribution in [0.4, 0.5) is 4.39 Å². The van der Waals surface area contributed by atoms with E-state index in [9.17, 15) is 9.18 Å². The highest BCUT2D eigenvalue weighted by Crippen LogP contribution is 2.35. The number of imidazole rings is 2. The molecule has 0 saturated carbocycles. The molecule has 12 heteroatoms. The number of rotatable bonds is 4. The van der Waals surface area contributed by atoms with Crippen LogP contribution in [0.3, 0.4) is 0 Å². The molecular weight excluding hydrogens is 515 g/mol. The Kier molecular flexibility index (Phi) is 4.83. The normalized spacial score (nSPS) is 15.1. The Morgan fingerprint density at radius 1 is 0.950 bits per heavy atom. The van der Waals surface area contributed by atoms with Gasteiger partial charge in [-0.05, 0) is 46.2 Å². The number of fused-ring (bicyclic) bond motifs is 4. The highest BCUT2D eigenvalue weighted by molar-refractivity contribution is 5.78. The minimum Gasteiger partial charge on any atom is -0.493 e. The van der Waals surface area contributed by atoms with Crippen LogP contribution >= 0.6 is 0 Å². The van der Waals surface area contributed by atoms with Crippen molar-refractivity contribution in [1.82, 2.24) is 39.0 Å². The van der Waals surface area contributed by atoms with Crippen molar-refractivity contribution in [3.8, 4) is 11.7 Å². The van der Waals surface area contributed by atoms with Gasteiger partial charge in [-0.3, -0.25) is 13.7 Å². The third kappa shape index (κ3) is 3.42. The average molecular weight is 535 g/mol. The van der Waals surface area contributed by atoms with Crippen molar-refractivity contribution in [2.24, 2.45) is 0 Å². The van der Waals surface area contributed by atoms with E-state index in [2.05, 4.69) is 20.3 Å². The number of nitrogens with zero attached hydrogens (tertiary/aromatic N) is 8. The van der Waals surface area contributed by atoms with Crippen molar-refractivity contribution in [2.45, 2.75) is 19.0 Å². The second-order valence-electron chi connectivity index (χ2n) is 9.64. The van der Waals surface area contributed by atoms with Crippen LogP contribution in [-0.2, 0) is 6.54 Å². The van der Waals surface area contributed by atoms with Gasteiger partial charge in [0.1, 0.15) is 34.4 Å². The van der Waals surface area contributed by atoms with E-state index >= 15 is 0 Å². The second kappa shape index (κ2) is 8.56. The maximum Gasteiger partial charge on any atom is 0.331 e. The summed E-state index contributed by atoms with van der Waals surface area (Å²) < 4.78 is 29.8. The molecule has 0 saturated heterocycles. The Labute approximate surface area is 224 Å². The number of para-hydroxylation sites is 1. The Morgan fingerprint density at radius 3 is 2.77 bits per heavy atom. The number of aromatic nitrogens is 8. The molecule has 0 aliphatic carbocycles. The molecule has 0 spiro atoms. The zero-order chi connectivity index (χ0) is 26.8. The predicted octanol–water partition coefficient (Wildman–Crippen LogP) is 4.03. The van der Waals surface area contributed by atoms with Crippen LogP contribution in [0.15, 0.2) is 82.6 Å². The molecule has 40 heavy (non-hydrogen) atoms. The third-order valence-corrected chi connectivity index (χ3v) is 7.32. The molecule has 11 nitrogen and oxygen atoms in total. The predicted molar refractivity (Wildman–Crippen MR) is 142 cm³/mol. The monoisotopic (exact) mass is 534 g/mol. The number of ether oxygens (including phenoxy) is 1. The van der Waals surface area contributed by atoms with Gasteiger partial charge in [0.15, 0.2) is 5.65 Å². The molecule has 3 aromatic carbocycles. The molecule has 1 aliphatic heterocycles. The van der Waals surface area contributed by atoms with E-state index in [1.54, 1.807) is 38.4 Å². The smallest absolute Gasteiger partial charge is 0.331 e. The van der Waals surface area contributed by atoms with Gasteiger partial charge in [0, 0.05) is 18.1 Å². The van der Waals surface area contributed by atoms with Crippen LogP contribution in [-0.4, -0.2) is 45.6 Å². The van der Waals surface area contributed by atoms with Crippen molar-refractivity contribution in [3.63, 3.8) is 0 Å². The highest BCUT2D eigenvalue weighted by Gasteiger charge is 2.29. The van der Waals surface area contributed by atoms with Gasteiger partial charge in [-0.25, -0.2) is 23.8 Å². The first-order valence-corrected chi connectivity index (χ1v) is 12.7. The maximum absolute atomic E-state index is 14.2. The summed E-state index contributed by atoms with van der Waals surface area (Å²) in [5.41, 5.74) is 4.90. The summed E-state index contributed by atoms with van der Waals surface area (Å²) in [6.45, 7) is 0.720. The van der Waals surface area contributed by atoms with Crippen LogP contribution in [0.1, 0.15) is 23.6 Å². The molecule has 7 aromatic rings. The lowest BCUT2D eigenvalue weighted by Crippen LogP contribution is -2.31.